The first kappa shape index (κ1) is 13.0. The molecule has 0 aliphatic carbocycles. The third-order valence-electron chi connectivity index (χ3n) is 4.01. The molecule has 1 aliphatic rings. The Morgan fingerprint density at radius 1 is 1.14 bits per heavy atom. The van der Waals surface area contributed by atoms with Crippen molar-refractivity contribution in [2.24, 2.45) is 7.05 Å². The van der Waals surface area contributed by atoms with Gasteiger partial charge in [0.15, 0.2) is 11.5 Å². The lowest BCUT2D eigenvalue weighted by Crippen LogP contribution is -2.10. The van der Waals surface area contributed by atoms with Gasteiger partial charge in [0, 0.05) is 18.2 Å². The average Bonchev–Trinajstić information content (AvgIpc) is 2.91. The summed E-state index contributed by atoms with van der Waals surface area (Å²) in [6.07, 6.45) is 2.13. The highest BCUT2D eigenvalue weighted by molar-refractivity contribution is 5.88. The second-order valence-corrected chi connectivity index (χ2v) is 5.32. The maximum absolute atomic E-state index is 5.92. The summed E-state index contributed by atoms with van der Waals surface area (Å²) in [7, 11) is 3.69. The van der Waals surface area contributed by atoms with E-state index in [1.54, 1.807) is 7.11 Å². The Morgan fingerprint density at radius 2 is 2.00 bits per heavy atom. The third-order valence-corrected chi connectivity index (χ3v) is 4.01. The Balaban J connectivity index is 1.85. The summed E-state index contributed by atoms with van der Waals surface area (Å²) >= 11 is 0. The summed E-state index contributed by atoms with van der Waals surface area (Å²) in [5.74, 6) is 2.50. The molecule has 0 unspecified atom stereocenters. The molecule has 110 valence electrons. The number of methoxy groups -OCH3 is 1. The molecule has 0 N–H and O–H groups in total. The van der Waals surface area contributed by atoms with Gasteiger partial charge in [-0.25, -0.2) is 4.98 Å². The standard InChI is InChI=1S/C18H16N2O2/c1-20-15-8-4-3-7-14(15)19-18(20)13-10-12-6-5-9-16(21-2)17(12)22-11-13/h3-10H,11H2,1-2H3. The number of para-hydroxylation sites is 3. The number of hydrogen-bond donors (Lipinski definition) is 0. The number of ether oxygens (including phenoxy) is 2. The minimum absolute atomic E-state index is 0.491. The van der Waals surface area contributed by atoms with Gasteiger partial charge < -0.3 is 14.0 Å². The molecule has 0 atom stereocenters. The lowest BCUT2D eigenvalue weighted by Gasteiger charge is -2.19. The van der Waals surface area contributed by atoms with E-state index >= 15 is 0 Å². The van der Waals surface area contributed by atoms with Gasteiger partial charge >= 0.3 is 0 Å². The number of benzene rings is 2. The molecule has 0 spiro atoms. The zero-order valence-electron chi connectivity index (χ0n) is 12.5. The molecule has 1 aromatic heterocycles. The summed E-state index contributed by atoms with van der Waals surface area (Å²) in [5.41, 5.74) is 4.21. The summed E-state index contributed by atoms with van der Waals surface area (Å²) < 4.78 is 13.4. The van der Waals surface area contributed by atoms with Crippen molar-refractivity contribution in [3.05, 3.63) is 53.9 Å². The monoisotopic (exact) mass is 292 g/mol. The van der Waals surface area contributed by atoms with Gasteiger partial charge in [-0.15, -0.1) is 0 Å². The van der Waals surface area contributed by atoms with E-state index in [0.29, 0.717) is 6.61 Å². The van der Waals surface area contributed by atoms with Gasteiger partial charge in [0.1, 0.15) is 12.4 Å². The molecule has 4 rings (SSSR count). The maximum atomic E-state index is 5.92. The van der Waals surface area contributed by atoms with Crippen molar-refractivity contribution in [1.82, 2.24) is 9.55 Å². The van der Waals surface area contributed by atoms with Crippen LogP contribution in [0.4, 0.5) is 0 Å². The Morgan fingerprint density at radius 3 is 2.82 bits per heavy atom. The Labute approximate surface area is 128 Å². The van der Waals surface area contributed by atoms with Crippen molar-refractivity contribution in [3.8, 4) is 11.5 Å². The first-order valence-electron chi connectivity index (χ1n) is 7.20. The molecular formula is C18H16N2O2. The van der Waals surface area contributed by atoms with Gasteiger partial charge in [-0.2, -0.15) is 0 Å². The van der Waals surface area contributed by atoms with Crippen molar-refractivity contribution in [2.75, 3.05) is 13.7 Å². The van der Waals surface area contributed by atoms with Crippen molar-refractivity contribution >= 4 is 22.7 Å². The molecule has 0 saturated heterocycles. The molecule has 4 nitrogen and oxygen atoms in total. The van der Waals surface area contributed by atoms with Crippen LogP contribution in [0, 0.1) is 0 Å². The largest absolute Gasteiger partial charge is 0.493 e. The zero-order valence-corrected chi connectivity index (χ0v) is 12.5. The average molecular weight is 292 g/mol. The van der Waals surface area contributed by atoms with Crippen LogP contribution in [-0.4, -0.2) is 23.3 Å². The van der Waals surface area contributed by atoms with E-state index in [-0.39, 0.29) is 0 Å². The first-order chi connectivity index (χ1) is 10.8. The van der Waals surface area contributed by atoms with Crippen LogP contribution in [-0.2, 0) is 7.05 Å². The number of aromatic nitrogens is 2. The highest BCUT2D eigenvalue weighted by Crippen LogP contribution is 2.37. The molecule has 4 heteroatoms. The van der Waals surface area contributed by atoms with E-state index in [0.717, 1.165) is 39.5 Å². The van der Waals surface area contributed by atoms with Crippen LogP contribution < -0.4 is 9.47 Å². The normalized spacial score (nSPS) is 13.5. The molecule has 2 aromatic carbocycles. The van der Waals surface area contributed by atoms with E-state index < -0.39 is 0 Å². The smallest absolute Gasteiger partial charge is 0.168 e. The molecule has 0 fully saturated rings. The molecule has 22 heavy (non-hydrogen) atoms. The molecule has 0 radical (unpaired) electrons. The first-order valence-corrected chi connectivity index (χ1v) is 7.20. The van der Waals surface area contributed by atoms with Crippen molar-refractivity contribution < 1.29 is 9.47 Å². The fourth-order valence-corrected chi connectivity index (χ4v) is 2.90. The lowest BCUT2D eigenvalue weighted by atomic mass is 10.1. The van der Waals surface area contributed by atoms with Crippen LogP contribution in [0.2, 0.25) is 0 Å². The van der Waals surface area contributed by atoms with Crippen LogP contribution in [0.25, 0.3) is 22.7 Å². The van der Waals surface area contributed by atoms with Gasteiger partial charge in [0.2, 0.25) is 0 Å². The van der Waals surface area contributed by atoms with E-state index in [9.17, 15) is 0 Å². The summed E-state index contributed by atoms with van der Waals surface area (Å²) in [4.78, 5) is 4.73. The van der Waals surface area contributed by atoms with Crippen LogP contribution in [0.3, 0.4) is 0 Å². The van der Waals surface area contributed by atoms with E-state index in [2.05, 4.69) is 16.7 Å². The van der Waals surface area contributed by atoms with E-state index in [1.807, 2.05) is 43.4 Å². The fourth-order valence-electron chi connectivity index (χ4n) is 2.90. The third kappa shape index (κ3) is 1.88. The lowest BCUT2D eigenvalue weighted by molar-refractivity contribution is 0.327. The highest BCUT2D eigenvalue weighted by atomic mass is 16.5. The molecule has 2 heterocycles. The zero-order chi connectivity index (χ0) is 15.1. The SMILES string of the molecule is COc1cccc2c1OCC(c1nc3ccccc3n1C)=C2. The molecule has 0 saturated carbocycles. The predicted octanol–water partition coefficient (Wildman–Crippen LogP) is 3.51. The van der Waals surface area contributed by atoms with Crippen LogP contribution in [0.1, 0.15) is 11.4 Å². The second-order valence-electron chi connectivity index (χ2n) is 5.32. The van der Waals surface area contributed by atoms with E-state index in [4.69, 9.17) is 14.5 Å². The van der Waals surface area contributed by atoms with E-state index in [1.165, 1.54) is 0 Å². The molecule has 1 aliphatic heterocycles. The van der Waals surface area contributed by atoms with Gasteiger partial charge in [-0.3, -0.25) is 0 Å². The number of rotatable bonds is 2. The van der Waals surface area contributed by atoms with Crippen molar-refractivity contribution in [1.29, 1.82) is 0 Å². The number of hydrogen-bond acceptors (Lipinski definition) is 3. The summed E-state index contributed by atoms with van der Waals surface area (Å²) in [6, 6.07) is 14.0. The van der Waals surface area contributed by atoms with Gasteiger partial charge in [-0.05, 0) is 24.3 Å². The molecular weight excluding hydrogens is 276 g/mol. The van der Waals surface area contributed by atoms with Gasteiger partial charge in [0.25, 0.3) is 0 Å². The Kier molecular flexibility index (Phi) is 2.89. The second kappa shape index (κ2) is 4.91. The predicted molar refractivity (Wildman–Crippen MR) is 87.1 cm³/mol. The quantitative estimate of drug-likeness (QED) is 0.725. The number of fused-ring (bicyclic) bond motifs is 2. The van der Waals surface area contributed by atoms with Crippen molar-refractivity contribution in [3.63, 3.8) is 0 Å². The highest BCUT2D eigenvalue weighted by Gasteiger charge is 2.20. The number of imidazole rings is 1. The molecule has 0 bridgehead atoms. The van der Waals surface area contributed by atoms with Crippen LogP contribution in [0.15, 0.2) is 42.5 Å². The Hall–Kier alpha value is -2.75. The minimum atomic E-state index is 0.491. The number of aryl methyl sites for hydroxylation is 1. The van der Waals surface area contributed by atoms with Gasteiger partial charge in [-0.1, -0.05) is 24.3 Å². The Bertz CT molecular complexity index is 893. The summed E-state index contributed by atoms with van der Waals surface area (Å²) in [5, 5.41) is 0. The maximum Gasteiger partial charge on any atom is 0.168 e. The van der Waals surface area contributed by atoms with Crippen molar-refractivity contribution in [2.45, 2.75) is 0 Å². The fraction of sp³-hybridized carbons (Fsp3) is 0.167. The van der Waals surface area contributed by atoms with Gasteiger partial charge in [0.05, 0.1) is 18.1 Å². The molecule has 3 aromatic rings. The van der Waals surface area contributed by atoms with Crippen LogP contribution >= 0.6 is 0 Å². The topological polar surface area (TPSA) is 36.3 Å². The number of nitrogens with zero attached hydrogens (tertiary/aromatic N) is 2. The minimum Gasteiger partial charge on any atom is -0.493 e. The molecule has 0 amide bonds. The van der Waals surface area contributed by atoms with Crippen LogP contribution in [0.5, 0.6) is 11.5 Å². The summed E-state index contributed by atoms with van der Waals surface area (Å²) in [6.45, 7) is 0.491.